The molecular formula is C14H24N6. The van der Waals surface area contributed by atoms with Crippen molar-refractivity contribution in [3.63, 3.8) is 0 Å². The molecule has 0 radical (unpaired) electrons. The minimum atomic E-state index is 0.572. The van der Waals surface area contributed by atoms with Crippen LogP contribution in [0.3, 0.4) is 0 Å². The van der Waals surface area contributed by atoms with Gasteiger partial charge in [0.05, 0.1) is 6.54 Å². The summed E-state index contributed by atoms with van der Waals surface area (Å²) in [5.41, 5.74) is 0.572. The molecule has 1 spiro atoms. The van der Waals surface area contributed by atoms with Crippen molar-refractivity contribution in [1.82, 2.24) is 25.0 Å². The van der Waals surface area contributed by atoms with E-state index in [9.17, 15) is 0 Å². The summed E-state index contributed by atoms with van der Waals surface area (Å²) in [4.78, 5) is 11.1. The fourth-order valence-electron chi connectivity index (χ4n) is 3.62. The second-order valence-electron chi connectivity index (χ2n) is 6.08. The minimum absolute atomic E-state index is 0.572. The van der Waals surface area contributed by atoms with E-state index in [1.807, 2.05) is 14.1 Å². The Morgan fingerprint density at radius 3 is 2.85 bits per heavy atom. The summed E-state index contributed by atoms with van der Waals surface area (Å²) < 4.78 is 1.79. The predicted molar refractivity (Wildman–Crippen MR) is 78.3 cm³/mol. The molecule has 1 aliphatic carbocycles. The number of rotatable bonds is 2. The molecule has 1 N–H and O–H groups in total. The third kappa shape index (κ3) is 2.51. The van der Waals surface area contributed by atoms with Crippen LogP contribution in [0, 0.1) is 5.41 Å². The Morgan fingerprint density at radius 1 is 1.40 bits per heavy atom. The summed E-state index contributed by atoms with van der Waals surface area (Å²) in [5, 5.41) is 7.50. The predicted octanol–water partition coefficient (Wildman–Crippen LogP) is 1.16. The highest BCUT2D eigenvalue weighted by atomic mass is 15.3. The third-order valence-electron chi connectivity index (χ3n) is 4.82. The van der Waals surface area contributed by atoms with Gasteiger partial charge in [-0.2, -0.15) is 5.10 Å². The molecule has 1 aromatic rings. The Kier molecular flexibility index (Phi) is 3.63. The molecule has 0 aromatic carbocycles. The number of aromatic nitrogens is 3. The normalized spacial score (nSPS) is 21.9. The molecule has 0 unspecified atom stereocenters. The first-order chi connectivity index (χ1) is 9.72. The third-order valence-corrected chi connectivity index (χ3v) is 4.82. The van der Waals surface area contributed by atoms with Gasteiger partial charge in [-0.1, -0.05) is 12.8 Å². The lowest BCUT2D eigenvalue weighted by Crippen LogP contribution is -2.41. The van der Waals surface area contributed by atoms with E-state index >= 15 is 0 Å². The quantitative estimate of drug-likeness (QED) is 0.650. The van der Waals surface area contributed by atoms with Gasteiger partial charge in [0, 0.05) is 27.2 Å². The van der Waals surface area contributed by atoms with Gasteiger partial charge in [0.1, 0.15) is 12.2 Å². The maximum Gasteiger partial charge on any atom is 0.194 e. The van der Waals surface area contributed by atoms with Crippen LogP contribution in [0.5, 0.6) is 0 Å². The minimum Gasteiger partial charge on any atom is -0.349 e. The summed E-state index contributed by atoms with van der Waals surface area (Å²) in [6.07, 6.45) is 8.49. The molecule has 1 aromatic heterocycles. The summed E-state index contributed by atoms with van der Waals surface area (Å²) in [6.45, 7) is 2.96. The smallest absolute Gasteiger partial charge is 0.194 e. The number of aliphatic imine (C=N–C) groups is 1. The Balaban J connectivity index is 1.59. The zero-order chi connectivity index (χ0) is 14.0. The topological polar surface area (TPSA) is 58.3 Å². The van der Waals surface area contributed by atoms with Gasteiger partial charge >= 0.3 is 0 Å². The molecule has 1 saturated carbocycles. The van der Waals surface area contributed by atoms with Crippen molar-refractivity contribution >= 4 is 5.96 Å². The largest absolute Gasteiger partial charge is 0.349 e. The zero-order valence-corrected chi connectivity index (χ0v) is 12.5. The molecule has 2 aliphatic rings. The first-order valence-electron chi connectivity index (χ1n) is 7.51. The fraction of sp³-hybridized carbons (Fsp3) is 0.786. The first kappa shape index (κ1) is 13.4. The second kappa shape index (κ2) is 5.42. The Morgan fingerprint density at radius 2 is 2.20 bits per heavy atom. The lowest BCUT2D eigenvalue weighted by Gasteiger charge is -2.25. The van der Waals surface area contributed by atoms with Crippen molar-refractivity contribution < 1.29 is 0 Å². The highest BCUT2D eigenvalue weighted by molar-refractivity contribution is 5.80. The van der Waals surface area contributed by atoms with Crippen LogP contribution in [0.2, 0.25) is 0 Å². The molecule has 3 rings (SSSR count). The van der Waals surface area contributed by atoms with Gasteiger partial charge in [-0.05, 0) is 24.7 Å². The average Bonchev–Trinajstić information content (AvgIpc) is 3.16. The molecule has 110 valence electrons. The maximum atomic E-state index is 4.43. The van der Waals surface area contributed by atoms with Crippen molar-refractivity contribution in [2.75, 3.05) is 20.1 Å². The molecule has 2 heterocycles. The lowest BCUT2D eigenvalue weighted by molar-refractivity contribution is 0.309. The van der Waals surface area contributed by atoms with Crippen LogP contribution in [0.1, 0.15) is 37.9 Å². The van der Waals surface area contributed by atoms with Crippen molar-refractivity contribution in [2.45, 2.75) is 38.6 Å². The van der Waals surface area contributed by atoms with E-state index in [2.05, 4.69) is 25.3 Å². The second-order valence-corrected chi connectivity index (χ2v) is 6.08. The van der Waals surface area contributed by atoms with Crippen LogP contribution in [-0.4, -0.2) is 45.8 Å². The molecule has 20 heavy (non-hydrogen) atoms. The zero-order valence-electron chi connectivity index (χ0n) is 12.5. The number of guanidine groups is 1. The number of nitrogens with one attached hydrogen (secondary N) is 1. The summed E-state index contributed by atoms with van der Waals surface area (Å²) in [5.74, 6) is 1.93. The van der Waals surface area contributed by atoms with Gasteiger partial charge in [0.25, 0.3) is 0 Å². The van der Waals surface area contributed by atoms with E-state index in [0.29, 0.717) is 12.0 Å². The molecule has 0 atom stereocenters. The van der Waals surface area contributed by atoms with Crippen molar-refractivity contribution in [3.05, 3.63) is 12.2 Å². The van der Waals surface area contributed by atoms with E-state index in [-0.39, 0.29) is 0 Å². The number of hydrogen-bond donors (Lipinski definition) is 1. The van der Waals surface area contributed by atoms with Gasteiger partial charge in [0.2, 0.25) is 0 Å². The average molecular weight is 276 g/mol. The molecule has 2 fully saturated rings. The lowest BCUT2D eigenvalue weighted by atomic mass is 9.86. The van der Waals surface area contributed by atoms with Crippen molar-refractivity contribution in [1.29, 1.82) is 0 Å². The molecular weight excluding hydrogens is 252 g/mol. The van der Waals surface area contributed by atoms with Crippen LogP contribution in [0.15, 0.2) is 11.3 Å². The molecule has 1 saturated heterocycles. The van der Waals surface area contributed by atoms with Crippen LogP contribution in [-0.2, 0) is 13.6 Å². The van der Waals surface area contributed by atoms with Gasteiger partial charge in [0.15, 0.2) is 5.96 Å². The maximum absolute atomic E-state index is 4.43. The van der Waals surface area contributed by atoms with Gasteiger partial charge in [-0.15, -0.1) is 0 Å². The van der Waals surface area contributed by atoms with E-state index in [1.165, 1.54) is 32.1 Å². The monoisotopic (exact) mass is 276 g/mol. The van der Waals surface area contributed by atoms with Crippen LogP contribution >= 0.6 is 0 Å². The van der Waals surface area contributed by atoms with E-state index in [1.54, 1.807) is 11.0 Å². The Hall–Kier alpha value is -1.59. The van der Waals surface area contributed by atoms with Crippen LogP contribution < -0.4 is 5.32 Å². The summed E-state index contributed by atoms with van der Waals surface area (Å²) in [7, 11) is 3.77. The van der Waals surface area contributed by atoms with Crippen molar-refractivity contribution in [2.24, 2.45) is 17.5 Å². The Bertz CT molecular complexity index is 486. The summed E-state index contributed by atoms with van der Waals surface area (Å²) >= 11 is 0. The molecule has 6 heteroatoms. The highest BCUT2D eigenvalue weighted by Gasteiger charge is 2.41. The standard InChI is InChI=1S/C14H24N6/c1-15-13(16-9-12-17-11-18-19(12)2)20-8-7-14(10-20)5-3-4-6-14/h11H,3-10H2,1-2H3,(H,15,16). The molecule has 0 amide bonds. The van der Waals surface area contributed by atoms with Gasteiger partial charge in [-0.3, -0.25) is 9.67 Å². The molecule has 0 bridgehead atoms. The summed E-state index contributed by atoms with van der Waals surface area (Å²) in [6, 6.07) is 0. The van der Waals surface area contributed by atoms with Crippen molar-refractivity contribution in [3.8, 4) is 0 Å². The fourth-order valence-corrected chi connectivity index (χ4v) is 3.62. The number of hydrogen-bond acceptors (Lipinski definition) is 3. The van der Waals surface area contributed by atoms with Crippen LogP contribution in [0.4, 0.5) is 0 Å². The van der Waals surface area contributed by atoms with Gasteiger partial charge in [-0.25, -0.2) is 4.98 Å². The van der Waals surface area contributed by atoms with Gasteiger partial charge < -0.3 is 10.2 Å². The molecule has 1 aliphatic heterocycles. The number of aryl methyl sites for hydroxylation is 1. The van der Waals surface area contributed by atoms with E-state index in [4.69, 9.17) is 0 Å². The van der Waals surface area contributed by atoms with E-state index in [0.717, 1.165) is 24.9 Å². The van der Waals surface area contributed by atoms with Crippen LogP contribution in [0.25, 0.3) is 0 Å². The Labute approximate surface area is 120 Å². The first-order valence-corrected chi connectivity index (χ1v) is 7.51. The highest BCUT2D eigenvalue weighted by Crippen LogP contribution is 2.45. The SMILES string of the molecule is CN=C(NCc1ncnn1C)N1CCC2(CCCC2)C1. The number of nitrogens with zero attached hydrogens (tertiary/aromatic N) is 5. The number of likely N-dealkylation sites (tertiary alicyclic amines) is 1. The van der Waals surface area contributed by atoms with E-state index < -0.39 is 0 Å². The molecule has 6 nitrogen and oxygen atoms in total.